The number of hydrogen-bond acceptors (Lipinski definition) is 6. The predicted molar refractivity (Wildman–Crippen MR) is 81.9 cm³/mol. The van der Waals surface area contributed by atoms with Crippen LogP contribution in [0.3, 0.4) is 0 Å². The van der Waals surface area contributed by atoms with E-state index in [1.54, 1.807) is 30.9 Å². The van der Waals surface area contributed by atoms with E-state index in [9.17, 15) is 4.79 Å². The van der Waals surface area contributed by atoms with E-state index in [0.29, 0.717) is 25.4 Å². The molecule has 2 unspecified atom stereocenters. The molecular formula is C15H18N6O2. The Morgan fingerprint density at radius 2 is 2.39 bits per heavy atom. The summed E-state index contributed by atoms with van der Waals surface area (Å²) < 4.78 is 6.05. The third-order valence-electron chi connectivity index (χ3n) is 4.46. The van der Waals surface area contributed by atoms with Crippen LogP contribution in [0.4, 0.5) is 5.82 Å². The Hall–Kier alpha value is -2.48. The van der Waals surface area contributed by atoms with Gasteiger partial charge in [-0.25, -0.2) is 4.98 Å². The Labute approximate surface area is 133 Å². The average molecular weight is 314 g/mol. The number of H-pyrrole nitrogens is 1. The van der Waals surface area contributed by atoms with Gasteiger partial charge in [-0.05, 0) is 12.5 Å². The van der Waals surface area contributed by atoms with Crippen LogP contribution in [0.25, 0.3) is 0 Å². The van der Waals surface area contributed by atoms with Crippen molar-refractivity contribution in [2.24, 2.45) is 0 Å². The van der Waals surface area contributed by atoms with Crippen molar-refractivity contribution in [1.29, 1.82) is 0 Å². The van der Waals surface area contributed by atoms with Gasteiger partial charge in [-0.15, -0.1) is 0 Å². The zero-order chi connectivity index (χ0) is 15.7. The molecule has 0 aromatic carbocycles. The molecule has 8 nitrogen and oxygen atoms in total. The highest BCUT2D eigenvalue weighted by Gasteiger charge is 2.47. The van der Waals surface area contributed by atoms with Gasteiger partial charge in [0.25, 0.3) is 5.91 Å². The van der Waals surface area contributed by atoms with Gasteiger partial charge in [0.15, 0.2) is 0 Å². The SMILES string of the molecule is O=C(c1ccn[nH]1)N1CCC2(CC(Nc3cnccn3)CO2)C1. The highest BCUT2D eigenvalue weighted by Crippen LogP contribution is 2.36. The molecule has 2 fully saturated rings. The van der Waals surface area contributed by atoms with Gasteiger partial charge in [0.2, 0.25) is 0 Å². The molecule has 0 radical (unpaired) electrons. The number of amides is 1. The molecule has 2 N–H and O–H groups in total. The molecule has 2 saturated heterocycles. The molecule has 8 heteroatoms. The number of anilines is 1. The normalized spacial score (nSPS) is 26.8. The van der Waals surface area contributed by atoms with Crippen LogP contribution in [0.5, 0.6) is 0 Å². The minimum atomic E-state index is -0.254. The molecule has 2 aromatic rings. The van der Waals surface area contributed by atoms with E-state index in [4.69, 9.17) is 4.74 Å². The van der Waals surface area contributed by atoms with Crippen molar-refractivity contribution < 1.29 is 9.53 Å². The highest BCUT2D eigenvalue weighted by molar-refractivity contribution is 5.92. The number of carbonyl (C=O) groups excluding carboxylic acids is 1. The van der Waals surface area contributed by atoms with Crippen LogP contribution in [0.2, 0.25) is 0 Å². The van der Waals surface area contributed by atoms with Crippen molar-refractivity contribution in [2.75, 3.05) is 25.0 Å². The lowest BCUT2D eigenvalue weighted by Gasteiger charge is -2.23. The van der Waals surface area contributed by atoms with E-state index in [1.165, 1.54) is 0 Å². The second kappa shape index (κ2) is 5.62. The summed E-state index contributed by atoms with van der Waals surface area (Å²) in [7, 11) is 0. The molecule has 2 aliphatic heterocycles. The molecule has 1 spiro atoms. The smallest absolute Gasteiger partial charge is 0.271 e. The Morgan fingerprint density at radius 1 is 1.43 bits per heavy atom. The van der Waals surface area contributed by atoms with Crippen molar-refractivity contribution >= 4 is 11.7 Å². The lowest BCUT2D eigenvalue weighted by Crippen LogP contribution is -2.36. The van der Waals surface area contributed by atoms with Gasteiger partial charge < -0.3 is 15.0 Å². The average Bonchev–Trinajstić information content (AvgIpc) is 3.31. The lowest BCUT2D eigenvalue weighted by atomic mass is 9.97. The predicted octanol–water partition coefficient (Wildman–Crippen LogP) is 0.685. The van der Waals surface area contributed by atoms with Gasteiger partial charge >= 0.3 is 0 Å². The molecule has 2 atom stereocenters. The fraction of sp³-hybridized carbons (Fsp3) is 0.467. The quantitative estimate of drug-likeness (QED) is 0.865. The zero-order valence-electron chi connectivity index (χ0n) is 12.6. The van der Waals surface area contributed by atoms with Crippen molar-refractivity contribution in [3.8, 4) is 0 Å². The molecule has 120 valence electrons. The Kier molecular flexibility index (Phi) is 3.45. The van der Waals surface area contributed by atoms with E-state index in [2.05, 4.69) is 25.5 Å². The fourth-order valence-corrected chi connectivity index (χ4v) is 3.37. The summed E-state index contributed by atoms with van der Waals surface area (Å²) in [6, 6.07) is 1.88. The minimum Gasteiger partial charge on any atom is -0.371 e. The van der Waals surface area contributed by atoms with Crippen molar-refractivity contribution in [3.05, 3.63) is 36.5 Å². The van der Waals surface area contributed by atoms with Gasteiger partial charge in [-0.2, -0.15) is 5.10 Å². The molecule has 23 heavy (non-hydrogen) atoms. The molecule has 2 aliphatic rings. The number of aromatic amines is 1. The summed E-state index contributed by atoms with van der Waals surface area (Å²) in [4.78, 5) is 22.5. The molecule has 2 aromatic heterocycles. The number of aromatic nitrogens is 4. The Bertz CT molecular complexity index is 677. The van der Waals surface area contributed by atoms with Gasteiger partial charge in [-0.1, -0.05) is 0 Å². The molecular weight excluding hydrogens is 296 g/mol. The van der Waals surface area contributed by atoms with E-state index < -0.39 is 0 Å². The first kappa shape index (κ1) is 14.1. The standard InChI is InChI=1S/C15H18N6O2/c22-14(12-1-3-18-20-12)21-6-2-15(10-21)7-11(9-23-15)19-13-8-16-4-5-17-13/h1,3-5,8,11H,2,6-7,9-10H2,(H,17,19)(H,18,20). The Balaban J connectivity index is 1.38. The maximum absolute atomic E-state index is 12.4. The third kappa shape index (κ3) is 2.77. The first-order valence-electron chi connectivity index (χ1n) is 7.69. The third-order valence-corrected chi connectivity index (χ3v) is 4.46. The molecule has 4 rings (SSSR count). The van der Waals surface area contributed by atoms with Crippen molar-refractivity contribution in [1.82, 2.24) is 25.1 Å². The zero-order valence-corrected chi connectivity index (χ0v) is 12.6. The number of hydrogen-bond donors (Lipinski definition) is 2. The van der Waals surface area contributed by atoms with E-state index >= 15 is 0 Å². The monoisotopic (exact) mass is 314 g/mol. The summed E-state index contributed by atoms with van der Waals surface area (Å²) in [5.41, 5.74) is 0.268. The van der Waals surface area contributed by atoms with Gasteiger partial charge in [0, 0.05) is 31.6 Å². The second-order valence-corrected chi connectivity index (χ2v) is 6.08. The molecule has 0 aliphatic carbocycles. The largest absolute Gasteiger partial charge is 0.371 e. The maximum atomic E-state index is 12.4. The number of rotatable bonds is 3. The first-order valence-corrected chi connectivity index (χ1v) is 7.69. The van der Waals surface area contributed by atoms with E-state index in [-0.39, 0.29) is 17.6 Å². The van der Waals surface area contributed by atoms with Crippen LogP contribution < -0.4 is 5.32 Å². The lowest BCUT2D eigenvalue weighted by molar-refractivity contribution is 0.0124. The molecule has 0 saturated carbocycles. The number of ether oxygens (including phenoxy) is 1. The van der Waals surface area contributed by atoms with E-state index in [1.807, 2.05) is 4.90 Å². The van der Waals surface area contributed by atoms with Crippen LogP contribution in [0.15, 0.2) is 30.9 Å². The summed E-state index contributed by atoms with van der Waals surface area (Å²) in [6.07, 6.45) is 8.31. The van der Waals surface area contributed by atoms with E-state index in [0.717, 1.165) is 18.7 Å². The fourth-order valence-electron chi connectivity index (χ4n) is 3.37. The van der Waals surface area contributed by atoms with Crippen LogP contribution in [-0.4, -0.2) is 62.3 Å². The maximum Gasteiger partial charge on any atom is 0.271 e. The topological polar surface area (TPSA) is 96.0 Å². The van der Waals surface area contributed by atoms with Crippen molar-refractivity contribution in [3.63, 3.8) is 0 Å². The summed E-state index contributed by atoms with van der Waals surface area (Å²) in [5.74, 6) is 0.731. The molecule has 0 bridgehead atoms. The minimum absolute atomic E-state index is 0.0201. The van der Waals surface area contributed by atoms with Crippen LogP contribution in [-0.2, 0) is 4.74 Å². The van der Waals surface area contributed by atoms with Gasteiger partial charge in [-0.3, -0.25) is 14.9 Å². The van der Waals surface area contributed by atoms with Crippen LogP contribution in [0, 0.1) is 0 Å². The number of carbonyl (C=O) groups is 1. The molecule has 4 heterocycles. The van der Waals surface area contributed by atoms with Crippen LogP contribution >= 0.6 is 0 Å². The van der Waals surface area contributed by atoms with Gasteiger partial charge in [0.05, 0.1) is 31.0 Å². The molecule has 1 amide bonds. The summed E-state index contributed by atoms with van der Waals surface area (Å²) >= 11 is 0. The first-order chi connectivity index (χ1) is 11.2. The number of likely N-dealkylation sites (tertiary alicyclic amines) is 1. The van der Waals surface area contributed by atoms with Crippen molar-refractivity contribution in [2.45, 2.75) is 24.5 Å². The number of nitrogens with one attached hydrogen (secondary N) is 2. The number of nitrogens with zero attached hydrogens (tertiary/aromatic N) is 4. The summed E-state index contributed by atoms with van der Waals surface area (Å²) in [5, 5.41) is 9.91. The van der Waals surface area contributed by atoms with Crippen LogP contribution in [0.1, 0.15) is 23.3 Å². The summed E-state index contributed by atoms with van der Waals surface area (Å²) in [6.45, 7) is 1.93. The van der Waals surface area contributed by atoms with Gasteiger partial charge in [0.1, 0.15) is 11.5 Å². The highest BCUT2D eigenvalue weighted by atomic mass is 16.5. The second-order valence-electron chi connectivity index (χ2n) is 6.08. The Morgan fingerprint density at radius 3 is 3.17 bits per heavy atom.